The van der Waals surface area contributed by atoms with E-state index in [-0.39, 0.29) is 74.1 Å². The molecule has 0 aliphatic rings. The normalized spacial score (nSPS) is 15.2. The molecule has 0 fully saturated rings. The van der Waals surface area contributed by atoms with Crippen LogP contribution in [-0.4, -0.2) is 75.3 Å². The molecule has 0 atom stereocenters. The van der Waals surface area contributed by atoms with Crippen LogP contribution in [0.15, 0.2) is 24.3 Å². The van der Waals surface area contributed by atoms with Gasteiger partial charge in [0.25, 0.3) is 0 Å². The number of hydrogen-bond donors (Lipinski definition) is 3. The van der Waals surface area contributed by atoms with Crippen molar-refractivity contribution in [3.63, 3.8) is 0 Å². The second-order valence-electron chi connectivity index (χ2n) is 8.17. The Hall–Kier alpha value is -5.05. The number of halogens is 1. The van der Waals surface area contributed by atoms with Crippen molar-refractivity contribution in [2.45, 2.75) is 12.8 Å². The van der Waals surface area contributed by atoms with Gasteiger partial charge in [0.15, 0.2) is 23.0 Å². The highest BCUT2D eigenvalue weighted by molar-refractivity contribution is 6.28. The smallest absolute Gasteiger partial charge is 0.227 e. The summed E-state index contributed by atoms with van der Waals surface area (Å²) in [7, 11) is -7.76. The van der Waals surface area contributed by atoms with Gasteiger partial charge >= 0.3 is 0 Å². The molecule has 0 spiro atoms. The quantitative estimate of drug-likeness (QED) is 0.180. The monoisotopic (exact) mass is 622 g/mol. The highest BCUT2D eigenvalue weighted by atomic mass is 35.5. The van der Waals surface area contributed by atoms with Gasteiger partial charge in [-0.1, -0.05) is 0 Å². The summed E-state index contributed by atoms with van der Waals surface area (Å²) in [6.45, 7) is 1.16. The van der Waals surface area contributed by atoms with Crippen molar-refractivity contribution in [3.8, 4) is 35.1 Å². The average Bonchev–Trinajstić information content (AvgIpc) is 3.01. The molecule has 4 rings (SSSR count). The van der Waals surface area contributed by atoms with E-state index in [1.807, 2.05) is 19.2 Å². The number of nitriles is 2. The first-order valence-corrected chi connectivity index (χ1v) is 12.4. The Kier molecular flexibility index (Phi) is 7.91. The van der Waals surface area contributed by atoms with Gasteiger partial charge in [-0.25, -0.2) is 15.0 Å². The Bertz CT molecular complexity index is 2020. The van der Waals surface area contributed by atoms with Crippen LogP contribution in [0.1, 0.15) is 29.3 Å². The van der Waals surface area contributed by atoms with Gasteiger partial charge in [0.1, 0.15) is 11.6 Å². The van der Waals surface area contributed by atoms with E-state index in [4.69, 9.17) is 69.0 Å². The topological polar surface area (TPSA) is 203 Å². The molecule has 2 aromatic heterocycles. The lowest BCUT2D eigenvalue weighted by Crippen LogP contribution is -2.21. The number of nitrogens with zero attached hydrogens (tertiary/aromatic N) is 7. The van der Waals surface area contributed by atoms with Crippen LogP contribution >= 0.6 is 11.6 Å². The summed E-state index contributed by atoms with van der Waals surface area (Å²) in [5, 5.41) is 19.8. The highest BCUT2D eigenvalue weighted by Gasteiger charge is 2.14. The Balaban J connectivity index is 0.000000336. The molecule has 0 unspecified atom stereocenters. The van der Waals surface area contributed by atoms with Crippen LogP contribution < -0.4 is 40.6 Å². The van der Waals surface area contributed by atoms with Crippen LogP contribution in [0, 0.1) is 22.7 Å². The van der Waals surface area contributed by atoms with Crippen molar-refractivity contribution >= 4 is 51.0 Å². The molecular weight excluding hydrogens is 576 g/mol. The van der Waals surface area contributed by atoms with Crippen LogP contribution in [0.2, 0.25) is 5.28 Å². The molecule has 0 radical (unpaired) electrons. The van der Waals surface area contributed by atoms with Crippen LogP contribution in [0.4, 0.5) is 17.6 Å². The predicted octanol–water partition coefficient (Wildman–Crippen LogP) is 3.58. The molecule has 14 nitrogen and oxygen atoms in total. The van der Waals surface area contributed by atoms with E-state index in [0.29, 0.717) is 13.0 Å². The van der Waals surface area contributed by atoms with Crippen molar-refractivity contribution in [3.05, 3.63) is 29.5 Å². The van der Waals surface area contributed by atoms with E-state index in [1.54, 1.807) is 11.9 Å². The van der Waals surface area contributed by atoms with Gasteiger partial charge in [0.05, 0.1) is 74.2 Å². The summed E-state index contributed by atoms with van der Waals surface area (Å²) < 4.78 is 105. The van der Waals surface area contributed by atoms with Gasteiger partial charge in [-0.3, -0.25) is 0 Å². The van der Waals surface area contributed by atoms with Crippen LogP contribution in [-0.2, 0) is 0 Å². The zero-order valence-electron chi connectivity index (χ0n) is 34.9. The van der Waals surface area contributed by atoms with Gasteiger partial charge in [0, 0.05) is 49.5 Å². The molecule has 0 aliphatic heterocycles. The molecule has 228 valence electrons. The number of nitrogens with one attached hydrogen (secondary N) is 1. The van der Waals surface area contributed by atoms with Gasteiger partial charge in [-0.2, -0.15) is 15.5 Å². The molecule has 4 aromatic rings. The fourth-order valence-corrected chi connectivity index (χ4v) is 3.45. The van der Waals surface area contributed by atoms with E-state index in [9.17, 15) is 0 Å². The van der Waals surface area contributed by atoms with Crippen LogP contribution in [0.3, 0.4) is 0 Å². The molecule has 2 heterocycles. The largest absolute Gasteiger partial charge is 0.493 e. The molecule has 0 saturated heterocycles. The molecule has 0 amide bonds. The zero-order valence-corrected chi connectivity index (χ0v) is 23.7. The van der Waals surface area contributed by atoms with Crippen LogP contribution in [0.25, 0.3) is 21.8 Å². The number of nitrogen functional groups attached to an aromatic ring is 2. The summed E-state index contributed by atoms with van der Waals surface area (Å²) in [5.74, 6) is -1.03. The second kappa shape index (κ2) is 17.0. The third-order valence-corrected chi connectivity index (χ3v) is 5.54. The molecule has 15 heteroatoms. The number of fused-ring (bicyclic) bond motifs is 2. The summed E-state index contributed by atoms with van der Waals surface area (Å²) in [5.41, 5.74) is 12.1. The van der Waals surface area contributed by atoms with Gasteiger partial charge in [0.2, 0.25) is 11.2 Å². The number of ether oxygens (including phenoxy) is 4. The van der Waals surface area contributed by atoms with Crippen molar-refractivity contribution in [1.29, 1.82) is 10.5 Å². The molecule has 0 aliphatic carbocycles. The fourth-order valence-electron chi connectivity index (χ4n) is 3.27. The van der Waals surface area contributed by atoms with Crippen molar-refractivity contribution in [2.75, 3.05) is 71.7 Å². The van der Waals surface area contributed by atoms with E-state index in [1.165, 1.54) is 24.3 Å². The molecule has 5 N–H and O–H groups in total. The number of anilines is 3. The van der Waals surface area contributed by atoms with Crippen LogP contribution in [0.5, 0.6) is 23.0 Å². The molecular formula is C28H35ClN10O4. The summed E-state index contributed by atoms with van der Waals surface area (Å²) in [6, 6.07) is 8.82. The highest BCUT2D eigenvalue weighted by Crippen LogP contribution is 2.35. The molecule has 2 aromatic carbocycles. The van der Waals surface area contributed by atoms with Gasteiger partial charge in [-0.15, -0.1) is 0 Å². The third-order valence-electron chi connectivity index (χ3n) is 5.37. The molecule has 0 saturated carbocycles. The lowest BCUT2D eigenvalue weighted by molar-refractivity contribution is 0.356. The lowest BCUT2D eigenvalue weighted by atomic mass is 10.2. The summed E-state index contributed by atoms with van der Waals surface area (Å²) in [6.07, 6.45) is 0.854. The van der Waals surface area contributed by atoms with Crippen molar-refractivity contribution in [2.24, 2.45) is 0 Å². The lowest BCUT2D eigenvalue weighted by Gasteiger charge is -2.17. The van der Waals surface area contributed by atoms with Gasteiger partial charge < -0.3 is 40.6 Å². The number of methoxy groups -OCH3 is 4. The first kappa shape index (κ1) is 20.0. The predicted molar refractivity (Wildman–Crippen MR) is 167 cm³/mol. The number of aromatic nitrogens is 4. The first-order chi connectivity index (χ1) is 25.3. The second-order valence-corrected chi connectivity index (χ2v) is 8.51. The SMILES string of the molecule is CNCCC#N.[2H]C([2H])([2H])Oc1cc2nc(Cl)nc(N)c2cc1OC([2H])([2H])[2H].[2H]C([2H])([2H])Oc1cc2nc(N(C)CCC#N)nc(N)c2cc1OC([2H])([2H])[2H]. The number of hydrogen-bond acceptors (Lipinski definition) is 14. The number of rotatable bonds is 9. The Morgan fingerprint density at radius 3 is 1.77 bits per heavy atom. The standard InChI is InChI=1S/C14H17N5O2.C10H10ClN3O2.C4H8N2/c1-19(6-4-5-15)14-17-10-8-12(21-3)11(20-2)7-9(10)13(16)18-14;1-15-7-3-5-6(4-8(7)16-2)13-10(11)14-9(5)12;1-6-4-2-3-5/h7-8H,4,6H2,1-3H3,(H2,16,17,18);3-4H,1-2H3,(H2,12,13,14);6H,2,4H2,1H3/i2D3,3D3;1D3,2D3;. The molecule has 43 heavy (non-hydrogen) atoms. The van der Waals surface area contributed by atoms with Crippen molar-refractivity contribution in [1.82, 2.24) is 25.3 Å². The fraction of sp³-hybridized carbons (Fsp3) is 0.357. The first-order valence-electron chi connectivity index (χ1n) is 18.0. The Labute approximate surface area is 272 Å². The number of nitrogens with two attached hydrogens (primary N) is 2. The maximum absolute atomic E-state index is 8.68. The minimum absolute atomic E-state index is 0.00849. The maximum atomic E-state index is 8.68. The van der Waals surface area contributed by atoms with E-state index >= 15 is 0 Å². The summed E-state index contributed by atoms with van der Waals surface area (Å²) in [4.78, 5) is 17.6. The molecule has 0 bridgehead atoms. The minimum Gasteiger partial charge on any atom is -0.493 e. The van der Waals surface area contributed by atoms with E-state index in [0.717, 1.165) is 6.54 Å². The zero-order chi connectivity index (χ0) is 41.9. The van der Waals surface area contributed by atoms with E-state index < -0.39 is 28.2 Å². The van der Waals surface area contributed by atoms with E-state index in [2.05, 4.69) is 25.3 Å². The average molecular weight is 623 g/mol. The Morgan fingerprint density at radius 1 is 0.814 bits per heavy atom. The summed E-state index contributed by atoms with van der Waals surface area (Å²) >= 11 is 5.68. The number of benzene rings is 2. The van der Waals surface area contributed by atoms with Crippen molar-refractivity contribution < 1.29 is 35.4 Å². The minimum atomic E-state index is -2.83. The third kappa shape index (κ3) is 9.22. The Morgan fingerprint density at radius 2 is 1.30 bits per heavy atom. The maximum Gasteiger partial charge on any atom is 0.227 e. The van der Waals surface area contributed by atoms with Gasteiger partial charge in [-0.05, 0) is 30.8 Å².